The van der Waals surface area contributed by atoms with E-state index in [9.17, 15) is 0 Å². The molecule has 0 atom stereocenters. The number of hydrogen-bond acceptors (Lipinski definition) is 2. The second-order valence-corrected chi connectivity index (χ2v) is 5.12. The Morgan fingerprint density at radius 3 is 2.73 bits per heavy atom. The van der Waals surface area contributed by atoms with E-state index in [1.807, 2.05) is 49.1 Å². The van der Waals surface area contributed by atoms with Gasteiger partial charge in [-0.25, -0.2) is 4.98 Å². The molecular formula is C18H15N3O. The minimum absolute atomic E-state index is 0.857. The number of aromatic amines is 2. The fraction of sp³-hybridized carbons (Fsp3) is 0.0556. The molecule has 0 unspecified atom stereocenters. The van der Waals surface area contributed by atoms with Crippen LogP contribution in [0.3, 0.4) is 0 Å². The van der Waals surface area contributed by atoms with Gasteiger partial charge in [0.15, 0.2) is 0 Å². The fourth-order valence-electron chi connectivity index (χ4n) is 2.75. The zero-order valence-corrected chi connectivity index (χ0v) is 12.1. The van der Waals surface area contributed by atoms with Crippen LogP contribution in [0.2, 0.25) is 0 Å². The molecule has 0 aliphatic heterocycles. The minimum Gasteiger partial charge on any atom is -0.496 e. The van der Waals surface area contributed by atoms with E-state index in [1.54, 1.807) is 7.11 Å². The summed E-state index contributed by atoms with van der Waals surface area (Å²) >= 11 is 0. The van der Waals surface area contributed by atoms with Crippen LogP contribution in [0.15, 0.2) is 61.2 Å². The molecule has 0 bridgehead atoms. The first kappa shape index (κ1) is 12.7. The predicted molar refractivity (Wildman–Crippen MR) is 87.9 cm³/mol. The van der Waals surface area contributed by atoms with Crippen molar-refractivity contribution in [2.75, 3.05) is 7.11 Å². The number of benzene rings is 1. The van der Waals surface area contributed by atoms with Crippen molar-refractivity contribution in [3.8, 4) is 28.0 Å². The van der Waals surface area contributed by atoms with Gasteiger partial charge in [0.05, 0.1) is 7.11 Å². The highest BCUT2D eigenvalue weighted by molar-refractivity contribution is 5.97. The molecule has 4 nitrogen and oxygen atoms in total. The normalized spacial score (nSPS) is 11.0. The van der Waals surface area contributed by atoms with Crippen molar-refractivity contribution in [2.24, 2.45) is 0 Å². The molecule has 4 heteroatoms. The van der Waals surface area contributed by atoms with Gasteiger partial charge in [-0.05, 0) is 18.2 Å². The second kappa shape index (κ2) is 5.07. The third-order valence-electron chi connectivity index (χ3n) is 3.86. The van der Waals surface area contributed by atoms with Crippen LogP contribution in [0.1, 0.15) is 0 Å². The van der Waals surface area contributed by atoms with Crippen LogP contribution in [-0.4, -0.2) is 22.1 Å². The Kier molecular flexibility index (Phi) is 2.93. The van der Waals surface area contributed by atoms with Gasteiger partial charge in [-0.1, -0.05) is 18.2 Å². The predicted octanol–water partition coefficient (Wildman–Crippen LogP) is 4.23. The molecule has 0 saturated carbocycles. The van der Waals surface area contributed by atoms with Crippen molar-refractivity contribution < 1.29 is 4.74 Å². The molecule has 4 rings (SSSR count). The number of fused-ring (bicyclic) bond motifs is 1. The molecule has 22 heavy (non-hydrogen) atoms. The van der Waals surface area contributed by atoms with Crippen LogP contribution in [0.25, 0.3) is 33.3 Å². The van der Waals surface area contributed by atoms with Gasteiger partial charge >= 0.3 is 0 Å². The number of pyridine rings is 1. The number of methoxy groups -OCH3 is 1. The van der Waals surface area contributed by atoms with E-state index < -0.39 is 0 Å². The SMILES string of the molecule is COc1ccccc1-c1c[nH]c2ncc(-c3cc[nH]c3)cc12. The smallest absolute Gasteiger partial charge is 0.137 e. The summed E-state index contributed by atoms with van der Waals surface area (Å²) in [5.41, 5.74) is 5.24. The maximum absolute atomic E-state index is 5.48. The number of H-pyrrole nitrogens is 2. The zero-order valence-electron chi connectivity index (χ0n) is 12.1. The Balaban J connectivity index is 1.93. The Labute approximate surface area is 127 Å². The van der Waals surface area contributed by atoms with E-state index in [4.69, 9.17) is 4.74 Å². The van der Waals surface area contributed by atoms with E-state index in [0.29, 0.717) is 0 Å². The molecule has 4 aromatic rings. The molecule has 0 spiro atoms. The molecule has 0 amide bonds. The van der Waals surface area contributed by atoms with Gasteiger partial charge in [0.1, 0.15) is 11.4 Å². The maximum Gasteiger partial charge on any atom is 0.137 e. The van der Waals surface area contributed by atoms with Crippen LogP contribution >= 0.6 is 0 Å². The highest BCUT2D eigenvalue weighted by Gasteiger charge is 2.12. The van der Waals surface area contributed by atoms with Gasteiger partial charge in [0.25, 0.3) is 0 Å². The molecule has 1 aromatic carbocycles. The first-order chi connectivity index (χ1) is 10.9. The van der Waals surface area contributed by atoms with Crippen LogP contribution in [-0.2, 0) is 0 Å². The van der Waals surface area contributed by atoms with Gasteiger partial charge in [-0.15, -0.1) is 0 Å². The van der Waals surface area contributed by atoms with Crippen LogP contribution < -0.4 is 4.74 Å². The molecule has 0 radical (unpaired) electrons. The average Bonchev–Trinajstić information content (AvgIpc) is 3.23. The molecule has 0 fully saturated rings. The van der Waals surface area contributed by atoms with Gasteiger partial charge in [-0.2, -0.15) is 0 Å². The lowest BCUT2D eigenvalue weighted by Gasteiger charge is -2.07. The van der Waals surface area contributed by atoms with Crippen molar-refractivity contribution in [1.82, 2.24) is 15.0 Å². The Hall–Kier alpha value is -3.01. The summed E-state index contributed by atoms with van der Waals surface area (Å²) in [6, 6.07) is 12.2. The number of aromatic nitrogens is 3. The molecular weight excluding hydrogens is 274 g/mol. The topological polar surface area (TPSA) is 53.7 Å². The molecule has 0 aliphatic carbocycles. The van der Waals surface area contributed by atoms with Gasteiger partial charge in [-0.3, -0.25) is 0 Å². The summed E-state index contributed by atoms with van der Waals surface area (Å²) in [5.74, 6) is 0.857. The summed E-state index contributed by atoms with van der Waals surface area (Å²) in [4.78, 5) is 10.8. The highest BCUT2D eigenvalue weighted by atomic mass is 16.5. The third-order valence-corrected chi connectivity index (χ3v) is 3.86. The zero-order chi connectivity index (χ0) is 14.9. The Morgan fingerprint density at radius 1 is 1.00 bits per heavy atom. The average molecular weight is 289 g/mol. The van der Waals surface area contributed by atoms with Crippen molar-refractivity contribution in [1.29, 1.82) is 0 Å². The number of para-hydroxylation sites is 1. The number of rotatable bonds is 3. The summed E-state index contributed by atoms with van der Waals surface area (Å²) < 4.78 is 5.48. The van der Waals surface area contributed by atoms with Gasteiger partial charge in [0, 0.05) is 52.4 Å². The molecule has 0 saturated heterocycles. The van der Waals surface area contributed by atoms with E-state index in [2.05, 4.69) is 27.1 Å². The quantitative estimate of drug-likeness (QED) is 0.593. The standard InChI is InChI=1S/C18H15N3O/c1-22-17-5-3-2-4-14(17)16-11-21-18-15(16)8-13(10-20-18)12-6-7-19-9-12/h2-11,19H,1H3,(H,20,21). The van der Waals surface area contributed by atoms with Crippen molar-refractivity contribution in [2.45, 2.75) is 0 Å². The Morgan fingerprint density at radius 2 is 1.91 bits per heavy atom. The molecule has 2 N–H and O–H groups in total. The van der Waals surface area contributed by atoms with Gasteiger partial charge in [0.2, 0.25) is 0 Å². The van der Waals surface area contributed by atoms with Crippen molar-refractivity contribution in [3.63, 3.8) is 0 Å². The summed E-state index contributed by atoms with van der Waals surface area (Å²) in [6.07, 6.45) is 7.75. The van der Waals surface area contributed by atoms with Gasteiger partial charge < -0.3 is 14.7 Å². The molecule has 3 aromatic heterocycles. The summed E-state index contributed by atoms with van der Waals surface area (Å²) in [6.45, 7) is 0. The van der Waals surface area contributed by atoms with Crippen molar-refractivity contribution >= 4 is 11.0 Å². The highest BCUT2D eigenvalue weighted by Crippen LogP contribution is 2.35. The maximum atomic E-state index is 5.48. The van der Waals surface area contributed by atoms with E-state index in [1.165, 1.54) is 0 Å². The fourth-order valence-corrected chi connectivity index (χ4v) is 2.75. The monoisotopic (exact) mass is 289 g/mol. The third kappa shape index (κ3) is 1.97. The molecule has 0 aliphatic rings. The second-order valence-electron chi connectivity index (χ2n) is 5.12. The number of hydrogen-bond donors (Lipinski definition) is 2. The summed E-state index contributed by atoms with van der Waals surface area (Å²) in [5, 5.41) is 1.09. The molecule has 3 heterocycles. The van der Waals surface area contributed by atoms with Crippen LogP contribution in [0.4, 0.5) is 0 Å². The minimum atomic E-state index is 0.857. The number of ether oxygens (including phenoxy) is 1. The van der Waals surface area contributed by atoms with Crippen molar-refractivity contribution in [3.05, 3.63) is 61.2 Å². The lowest BCUT2D eigenvalue weighted by molar-refractivity contribution is 0.416. The van der Waals surface area contributed by atoms with E-state index in [-0.39, 0.29) is 0 Å². The molecule has 108 valence electrons. The van der Waals surface area contributed by atoms with Crippen LogP contribution in [0.5, 0.6) is 5.75 Å². The first-order valence-electron chi connectivity index (χ1n) is 7.10. The number of nitrogens with zero attached hydrogens (tertiary/aromatic N) is 1. The number of nitrogens with one attached hydrogen (secondary N) is 2. The first-order valence-corrected chi connectivity index (χ1v) is 7.10. The lowest BCUT2D eigenvalue weighted by Crippen LogP contribution is -1.87. The Bertz CT molecular complexity index is 923. The largest absolute Gasteiger partial charge is 0.496 e. The lowest BCUT2D eigenvalue weighted by atomic mass is 10.0. The van der Waals surface area contributed by atoms with E-state index in [0.717, 1.165) is 39.0 Å². The van der Waals surface area contributed by atoms with Crippen LogP contribution in [0, 0.1) is 0 Å². The van der Waals surface area contributed by atoms with E-state index >= 15 is 0 Å². The summed E-state index contributed by atoms with van der Waals surface area (Å²) in [7, 11) is 1.69.